The number of nitrogens with zero attached hydrogens (tertiary/aromatic N) is 2. The van der Waals surface area contributed by atoms with E-state index in [1.165, 1.54) is 0 Å². The lowest BCUT2D eigenvalue weighted by Gasteiger charge is -2.00. The molecule has 1 heterocycles. The van der Waals surface area contributed by atoms with Crippen LogP contribution < -0.4 is 4.57 Å². The Kier molecular flexibility index (Phi) is 3.79. The lowest BCUT2D eigenvalue weighted by molar-refractivity contribution is -0.666. The van der Waals surface area contributed by atoms with Crippen molar-refractivity contribution in [1.29, 1.82) is 0 Å². The van der Waals surface area contributed by atoms with Gasteiger partial charge in [-0.2, -0.15) is 0 Å². The van der Waals surface area contributed by atoms with Crippen molar-refractivity contribution in [2.24, 2.45) is 0 Å². The van der Waals surface area contributed by atoms with Crippen LogP contribution in [0.4, 0.5) is 0 Å². The van der Waals surface area contributed by atoms with Crippen molar-refractivity contribution >= 4 is 22.6 Å². The van der Waals surface area contributed by atoms with Gasteiger partial charge >= 0.3 is 0 Å². The molecule has 1 aromatic heterocycles. The molecule has 0 fully saturated rings. The summed E-state index contributed by atoms with van der Waals surface area (Å²) in [5.41, 5.74) is 2.02. The fourth-order valence-electron chi connectivity index (χ4n) is 2.52. The molecule has 0 unspecified atom stereocenters. The molecular formula is C15H19N2O2+. The Balaban J connectivity index is 2.71. The van der Waals surface area contributed by atoms with E-state index in [0.29, 0.717) is 13.1 Å². The number of benzene rings is 1. The average molecular weight is 259 g/mol. The normalized spacial score (nSPS) is 10.9. The number of hydrogen-bond donors (Lipinski definition) is 0. The van der Waals surface area contributed by atoms with E-state index in [1.807, 2.05) is 40.3 Å². The monoisotopic (exact) mass is 259 g/mol. The zero-order valence-electron chi connectivity index (χ0n) is 11.6. The van der Waals surface area contributed by atoms with Gasteiger partial charge in [0.1, 0.15) is 13.1 Å². The third-order valence-electron chi connectivity index (χ3n) is 3.16. The summed E-state index contributed by atoms with van der Waals surface area (Å²) in [5, 5.41) is 0. The summed E-state index contributed by atoms with van der Waals surface area (Å²) in [5.74, 6) is 1.25. The molecule has 0 aliphatic heterocycles. The highest BCUT2D eigenvalue weighted by atomic mass is 16.1. The smallest absolute Gasteiger partial charge is 0.257 e. The molecule has 19 heavy (non-hydrogen) atoms. The molecule has 0 aliphatic rings. The van der Waals surface area contributed by atoms with E-state index in [0.717, 1.165) is 23.3 Å². The van der Waals surface area contributed by atoms with Crippen LogP contribution in [0.15, 0.2) is 24.3 Å². The molecule has 0 saturated heterocycles. The molecule has 0 atom stereocenters. The number of hydrogen-bond acceptors (Lipinski definition) is 2. The minimum Gasteiger partial charge on any atom is -0.296 e. The van der Waals surface area contributed by atoms with Crippen LogP contribution in [-0.4, -0.2) is 16.1 Å². The van der Waals surface area contributed by atoms with Crippen LogP contribution in [0.2, 0.25) is 0 Å². The zero-order chi connectivity index (χ0) is 14.0. The predicted octanol–water partition coefficient (Wildman–Crippen LogP) is 1.67. The first-order valence-electron chi connectivity index (χ1n) is 6.53. The highest BCUT2D eigenvalue weighted by molar-refractivity contribution is 5.80. The van der Waals surface area contributed by atoms with Crippen LogP contribution in [0.1, 0.15) is 26.6 Å². The molecule has 0 spiro atoms. The second kappa shape index (κ2) is 5.34. The van der Waals surface area contributed by atoms with Gasteiger partial charge in [0.15, 0.2) is 22.6 Å². The Bertz CT molecular complexity index is 588. The summed E-state index contributed by atoms with van der Waals surface area (Å²) in [7, 11) is 0. The van der Waals surface area contributed by atoms with Gasteiger partial charge in [-0.3, -0.25) is 9.59 Å². The lowest BCUT2D eigenvalue weighted by atomic mass is 10.3. The number of ketones is 2. The SMILES string of the molecule is CCc1n(CC(C)=O)c2ccccc2[n+]1CC(C)=O. The summed E-state index contributed by atoms with van der Waals surface area (Å²) in [4.78, 5) is 22.9. The van der Waals surface area contributed by atoms with Gasteiger partial charge in [0.2, 0.25) is 0 Å². The van der Waals surface area contributed by atoms with Crippen LogP contribution in [0.5, 0.6) is 0 Å². The Hall–Kier alpha value is -1.97. The Morgan fingerprint density at radius 1 is 1.16 bits per heavy atom. The first kappa shape index (κ1) is 13.5. The van der Waals surface area contributed by atoms with Gasteiger partial charge in [-0.1, -0.05) is 19.1 Å². The quantitative estimate of drug-likeness (QED) is 0.767. The van der Waals surface area contributed by atoms with Crippen LogP contribution in [0, 0.1) is 0 Å². The van der Waals surface area contributed by atoms with E-state index in [1.54, 1.807) is 13.8 Å². The zero-order valence-corrected chi connectivity index (χ0v) is 11.6. The lowest BCUT2D eigenvalue weighted by Crippen LogP contribution is -2.41. The first-order chi connectivity index (χ1) is 9.04. The van der Waals surface area contributed by atoms with Crippen molar-refractivity contribution in [2.75, 3.05) is 0 Å². The van der Waals surface area contributed by atoms with Crippen LogP contribution in [-0.2, 0) is 29.1 Å². The maximum absolute atomic E-state index is 11.5. The molecule has 2 rings (SSSR count). The largest absolute Gasteiger partial charge is 0.296 e. The molecule has 100 valence electrons. The molecular weight excluding hydrogens is 240 g/mol. The molecule has 0 bridgehead atoms. The second-order valence-corrected chi connectivity index (χ2v) is 4.83. The maximum Gasteiger partial charge on any atom is 0.257 e. The number of para-hydroxylation sites is 2. The highest BCUT2D eigenvalue weighted by Crippen LogP contribution is 2.15. The van der Waals surface area contributed by atoms with E-state index in [2.05, 4.69) is 0 Å². The van der Waals surface area contributed by atoms with Gasteiger partial charge in [0.05, 0.1) is 0 Å². The standard InChI is InChI=1S/C15H19N2O2/c1-4-15-16(9-11(2)18)13-7-5-6-8-14(13)17(15)10-12(3)19/h5-8H,4,9-10H2,1-3H3/q+1. The summed E-state index contributed by atoms with van der Waals surface area (Å²) in [6, 6.07) is 7.90. The van der Waals surface area contributed by atoms with Crippen molar-refractivity contribution in [3.63, 3.8) is 0 Å². The minimum absolute atomic E-state index is 0.116. The van der Waals surface area contributed by atoms with Crippen molar-refractivity contribution in [2.45, 2.75) is 40.3 Å². The van der Waals surface area contributed by atoms with E-state index >= 15 is 0 Å². The Labute approximate surface area is 112 Å². The predicted molar refractivity (Wildman–Crippen MR) is 72.9 cm³/mol. The number of carbonyl (C=O) groups excluding carboxylic acids is 2. The summed E-state index contributed by atoms with van der Waals surface area (Å²) in [6.07, 6.45) is 0.787. The van der Waals surface area contributed by atoms with Crippen LogP contribution in [0.3, 0.4) is 0 Å². The van der Waals surface area contributed by atoms with Crippen molar-refractivity contribution in [1.82, 2.24) is 4.57 Å². The topological polar surface area (TPSA) is 43.0 Å². The van der Waals surface area contributed by atoms with Gasteiger partial charge in [-0.05, 0) is 26.0 Å². The minimum atomic E-state index is 0.116. The highest BCUT2D eigenvalue weighted by Gasteiger charge is 2.24. The fraction of sp³-hybridized carbons (Fsp3) is 0.400. The molecule has 4 nitrogen and oxygen atoms in total. The summed E-state index contributed by atoms with van der Waals surface area (Å²) in [6.45, 7) is 5.93. The van der Waals surface area contributed by atoms with Crippen molar-refractivity contribution in [3.8, 4) is 0 Å². The van der Waals surface area contributed by atoms with Gasteiger partial charge in [-0.25, -0.2) is 9.13 Å². The number of carbonyl (C=O) groups is 2. The van der Waals surface area contributed by atoms with Crippen molar-refractivity contribution < 1.29 is 14.2 Å². The number of Topliss-reactive ketones (excluding diaryl/α,β-unsaturated/α-hetero) is 2. The molecule has 0 N–H and O–H groups in total. The van der Waals surface area contributed by atoms with Gasteiger partial charge in [0.25, 0.3) is 5.82 Å². The molecule has 0 radical (unpaired) electrons. The molecule has 4 heteroatoms. The number of fused-ring (bicyclic) bond motifs is 1. The van der Waals surface area contributed by atoms with E-state index in [-0.39, 0.29) is 11.6 Å². The maximum atomic E-state index is 11.5. The van der Waals surface area contributed by atoms with E-state index in [4.69, 9.17) is 0 Å². The Morgan fingerprint density at radius 2 is 1.84 bits per heavy atom. The number of rotatable bonds is 5. The Morgan fingerprint density at radius 3 is 2.42 bits per heavy atom. The van der Waals surface area contributed by atoms with Crippen LogP contribution in [0.25, 0.3) is 11.0 Å². The molecule has 2 aromatic rings. The number of aromatic nitrogens is 2. The first-order valence-corrected chi connectivity index (χ1v) is 6.53. The molecule has 0 amide bonds. The third-order valence-corrected chi connectivity index (χ3v) is 3.16. The van der Waals surface area contributed by atoms with Gasteiger partial charge in [-0.15, -0.1) is 0 Å². The van der Waals surface area contributed by atoms with Crippen molar-refractivity contribution in [3.05, 3.63) is 30.1 Å². The van der Waals surface area contributed by atoms with Gasteiger partial charge < -0.3 is 0 Å². The summed E-state index contributed by atoms with van der Waals surface area (Å²) >= 11 is 0. The van der Waals surface area contributed by atoms with E-state index < -0.39 is 0 Å². The summed E-state index contributed by atoms with van der Waals surface area (Å²) < 4.78 is 4.03. The number of imidazole rings is 1. The third kappa shape index (κ3) is 2.57. The van der Waals surface area contributed by atoms with Crippen LogP contribution >= 0.6 is 0 Å². The molecule has 0 saturated carbocycles. The van der Waals surface area contributed by atoms with Gasteiger partial charge in [0, 0.05) is 6.42 Å². The molecule has 1 aromatic carbocycles. The fourth-order valence-corrected chi connectivity index (χ4v) is 2.52. The van der Waals surface area contributed by atoms with E-state index in [9.17, 15) is 9.59 Å². The molecule has 0 aliphatic carbocycles. The average Bonchev–Trinajstić information content (AvgIpc) is 2.63. The second-order valence-electron chi connectivity index (χ2n) is 4.83.